The molecule has 0 bridgehead atoms. The molecule has 0 saturated carbocycles. The van der Waals surface area contributed by atoms with Crippen molar-refractivity contribution in [3.8, 4) is 0 Å². The number of nitrogens with zero attached hydrogens (tertiary/aromatic N) is 3. The number of anilines is 2. The first kappa shape index (κ1) is 20.5. The van der Waals surface area contributed by atoms with Crippen molar-refractivity contribution in [2.75, 3.05) is 29.9 Å². The van der Waals surface area contributed by atoms with Crippen molar-refractivity contribution < 1.29 is 18.8 Å². The van der Waals surface area contributed by atoms with Gasteiger partial charge in [0.1, 0.15) is 5.82 Å². The van der Waals surface area contributed by atoms with Crippen LogP contribution in [-0.2, 0) is 9.63 Å². The normalized spacial score (nSPS) is 16.2. The van der Waals surface area contributed by atoms with Gasteiger partial charge in [-0.3, -0.25) is 9.59 Å². The minimum atomic E-state index is -0.638. The van der Waals surface area contributed by atoms with Crippen molar-refractivity contribution in [3.05, 3.63) is 48.0 Å². The van der Waals surface area contributed by atoms with Crippen LogP contribution in [0.25, 0.3) is 0 Å². The van der Waals surface area contributed by atoms with Gasteiger partial charge in [0.25, 0.3) is 5.91 Å². The zero-order chi connectivity index (χ0) is 20.6. The molecule has 1 aliphatic rings. The van der Waals surface area contributed by atoms with E-state index in [0.717, 1.165) is 19.4 Å². The molecule has 0 radical (unpaired) electrons. The smallest absolute Gasteiger partial charge is 0.326 e. The molecule has 10 heteroatoms. The summed E-state index contributed by atoms with van der Waals surface area (Å²) < 4.78 is 14.7. The molecule has 1 saturated heterocycles. The Bertz CT molecular complexity index is 851. The lowest BCUT2D eigenvalue weighted by Gasteiger charge is -2.35. The number of nitrogens with two attached hydrogens (primary N) is 1. The van der Waals surface area contributed by atoms with E-state index in [9.17, 15) is 14.0 Å². The van der Waals surface area contributed by atoms with Crippen LogP contribution in [-0.4, -0.2) is 47.5 Å². The predicted molar refractivity (Wildman–Crippen MR) is 105 cm³/mol. The first-order valence-electron chi connectivity index (χ1n) is 9.32. The number of hydrogen-bond acceptors (Lipinski definition) is 8. The summed E-state index contributed by atoms with van der Waals surface area (Å²) in [7, 11) is 0. The second kappa shape index (κ2) is 9.78. The first-order chi connectivity index (χ1) is 14.1. The van der Waals surface area contributed by atoms with E-state index in [-0.39, 0.29) is 24.6 Å². The Balaban J connectivity index is 1.60. The Hall–Kier alpha value is -3.27. The highest BCUT2D eigenvalue weighted by molar-refractivity contribution is 5.94. The second-order valence-electron chi connectivity index (χ2n) is 6.66. The van der Waals surface area contributed by atoms with E-state index in [2.05, 4.69) is 25.4 Å². The lowest BCUT2D eigenvalue weighted by molar-refractivity contribution is -0.144. The quantitative estimate of drug-likeness (QED) is 0.591. The average Bonchev–Trinajstić information content (AvgIpc) is 2.74. The molecule has 29 heavy (non-hydrogen) atoms. The molecule has 1 amide bonds. The van der Waals surface area contributed by atoms with Gasteiger partial charge in [0.05, 0.1) is 12.1 Å². The maximum Gasteiger partial charge on any atom is 0.326 e. The molecule has 0 aliphatic carbocycles. The molecule has 1 aromatic carbocycles. The van der Waals surface area contributed by atoms with Crippen LogP contribution in [0.5, 0.6) is 0 Å². The molecule has 154 valence electrons. The molecule has 4 N–H and O–H groups in total. The minimum Gasteiger partial charge on any atom is -0.373 e. The van der Waals surface area contributed by atoms with Gasteiger partial charge in [-0.2, -0.15) is 5.90 Å². The third-order valence-corrected chi connectivity index (χ3v) is 4.62. The first-order valence-corrected chi connectivity index (χ1v) is 9.32. The number of hydrogen-bond donors (Lipinski definition) is 3. The summed E-state index contributed by atoms with van der Waals surface area (Å²) in [4.78, 5) is 37.4. The number of benzene rings is 1. The van der Waals surface area contributed by atoms with Gasteiger partial charge >= 0.3 is 5.97 Å². The summed E-state index contributed by atoms with van der Waals surface area (Å²) in [5.74, 6) is 3.69. The molecule has 1 fully saturated rings. The number of carbonyl (C=O) groups excluding carboxylic acids is 2. The Kier molecular flexibility index (Phi) is 6.90. The number of rotatable bonds is 7. The Morgan fingerprint density at radius 2 is 2.10 bits per heavy atom. The summed E-state index contributed by atoms with van der Waals surface area (Å²) in [5, 5.41) is 5.79. The molecule has 1 aliphatic heterocycles. The Morgan fingerprint density at radius 1 is 1.31 bits per heavy atom. The van der Waals surface area contributed by atoms with Crippen LogP contribution in [0.4, 0.5) is 16.0 Å². The minimum absolute atomic E-state index is 0.0548. The topological polar surface area (TPSA) is 122 Å². The van der Waals surface area contributed by atoms with Gasteiger partial charge in [-0.1, -0.05) is 0 Å². The molecule has 9 nitrogen and oxygen atoms in total. The summed E-state index contributed by atoms with van der Waals surface area (Å²) in [5.41, 5.74) is 0.616. The lowest BCUT2D eigenvalue weighted by atomic mass is 10.0. The summed E-state index contributed by atoms with van der Waals surface area (Å²) >= 11 is 0. The number of amides is 1. The molecule has 1 aromatic heterocycles. The van der Waals surface area contributed by atoms with Gasteiger partial charge < -0.3 is 20.4 Å². The highest BCUT2D eigenvalue weighted by atomic mass is 19.1. The van der Waals surface area contributed by atoms with Crippen LogP contribution >= 0.6 is 0 Å². The average molecular weight is 402 g/mol. The number of nitrogens with one attached hydrogen (secondary N) is 2. The molecule has 3 rings (SSSR count). The van der Waals surface area contributed by atoms with Crippen molar-refractivity contribution in [2.45, 2.75) is 25.3 Å². The van der Waals surface area contributed by atoms with Gasteiger partial charge in [-0.15, -0.1) is 0 Å². The van der Waals surface area contributed by atoms with Crippen molar-refractivity contribution >= 4 is 23.5 Å². The maximum atomic E-state index is 14.7. The molecular formula is C19H23FN6O3. The van der Waals surface area contributed by atoms with Gasteiger partial charge in [-0.05, 0) is 37.1 Å². The Labute approximate surface area is 167 Å². The van der Waals surface area contributed by atoms with Crippen LogP contribution in [0.3, 0.4) is 0 Å². The van der Waals surface area contributed by atoms with Crippen LogP contribution in [0.1, 0.15) is 29.6 Å². The van der Waals surface area contributed by atoms with Gasteiger partial charge in [-0.25, -0.2) is 14.4 Å². The molecule has 2 heterocycles. The number of aromatic nitrogens is 2. The van der Waals surface area contributed by atoms with Gasteiger partial charge in [0.2, 0.25) is 5.95 Å². The largest absolute Gasteiger partial charge is 0.373 e. The van der Waals surface area contributed by atoms with Gasteiger partial charge in [0.15, 0.2) is 0 Å². The molecule has 2 aromatic rings. The van der Waals surface area contributed by atoms with E-state index >= 15 is 0 Å². The van der Waals surface area contributed by atoms with Crippen molar-refractivity contribution in [1.82, 2.24) is 15.3 Å². The third-order valence-electron chi connectivity index (χ3n) is 4.62. The zero-order valence-corrected chi connectivity index (χ0v) is 15.8. The number of carbonyl (C=O) groups is 2. The standard InChI is InChI=1S/C19H23FN6O3/c20-15-11-13(18(28)22-9-6-17(27)29-21)4-5-16(15)26-10-1-3-14(12-26)25-19-23-7-2-8-24-19/h2,4-5,7-8,11,14H,1,3,6,9-10,12,21H2,(H,22,28)(H,23,24,25)/t14-/m0/s1. The molecular weight excluding hydrogens is 379 g/mol. The number of piperidine rings is 1. The van der Waals surface area contributed by atoms with E-state index in [1.54, 1.807) is 30.6 Å². The van der Waals surface area contributed by atoms with Crippen LogP contribution in [0.15, 0.2) is 36.7 Å². The highest BCUT2D eigenvalue weighted by Crippen LogP contribution is 2.25. The van der Waals surface area contributed by atoms with Crippen molar-refractivity contribution in [1.29, 1.82) is 0 Å². The number of halogens is 1. The Morgan fingerprint density at radius 3 is 2.83 bits per heavy atom. The third kappa shape index (κ3) is 5.61. The van der Waals surface area contributed by atoms with Crippen molar-refractivity contribution in [3.63, 3.8) is 0 Å². The van der Waals surface area contributed by atoms with Crippen LogP contribution in [0, 0.1) is 5.82 Å². The monoisotopic (exact) mass is 402 g/mol. The highest BCUT2D eigenvalue weighted by Gasteiger charge is 2.23. The maximum absolute atomic E-state index is 14.7. The molecule has 0 spiro atoms. The van der Waals surface area contributed by atoms with Crippen LogP contribution in [0.2, 0.25) is 0 Å². The second-order valence-corrected chi connectivity index (χ2v) is 6.66. The summed E-state index contributed by atoms with van der Waals surface area (Å²) in [6.45, 7) is 1.37. The fraction of sp³-hybridized carbons (Fsp3) is 0.368. The lowest BCUT2D eigenvalue weighted by Crippen LogP contribution is -2.42. The summed E-state index contributed by atoms with van der Waals surface area (Å²) in [6, 6.07) is 6.20. The van der Waals surface area contributed by atoms with E-state index in [0.29, 0.717) is 18.2 Å². The van der Waals surface area contributed by atoms with Gasteiger partial charge in [0, 0.05) is 43.6 Å². The van der Waals surface area contributed by atoms with Crippen LogP contribution < -0.4 is 21.4 Å². The zero-order valence-electron chi connectivity index (χ0n) is 15.8. The SMILES string of the molecule is NOC(=O)CCNC(=O)c1ccc(N2CCC[C@H](Nc3ncccn3)C2)c(F)c1. The molecule has 1 atom stereocenters. The van der Waals surface area contributed by atoms with E-state index in [4.69, 9.17) is 5.90 Å². The fourth-order valence-corrected chi connectivity index (χ4v) is 3.21. The fourth-order valence-electron chi connectivity index (χ4n) is 3.21. The summed E-state index contributed by atoms with van der Waals surface area (Å²) in [6.07, 6.45) is 5.10. The van der Waals surface area contributed by atoms with E-state index < -0.39 is 17.7 Å². The van der Waals surface area contributed by atoms with Crippen molar-refractivity contribution in [2.24, 2.45) is 5.90 Å². The van der Waals surface area contributed by atoms with E-state index in [1.165, 1.54) is 6.07 Å². The predicted octanol–water partition coefficient (Wildman–Crippen LogP) is 1.23. The van der Waals surface area contributed by atoms with E-state index in [1.807, 2.05) is 4.90 Å². The molecule has 0 unspecified atom stereocenters.